The number of imidazole rings is 1. The second kappa shape index (κ2) is 5.54. The van der Waals surface area contributed by atoms with E-state index in [0.717, 1.165) is 41.5 Å². The van der Waals surface area contributed by atoms with E-state index in [1.165, 1.54) is 6.42 Å². The first-order valence-electron chi connectivity index (χ1n) is 6.82. The molecular weight excluding hydrogens is 254 g/mol. The molecule has 0 radical (unpaired) electrons. The van der Waals surface area contributed by atoms with Crippen LogP contribution in [0.3, 0.4) is 0 Å². The molecule has 1 unspecified atom stereocenters. The van der Waals surface area contributed by atoms with E-state index in [0.29, 0.717) is 6.04 Å². The largest absolute Gasteiger partial charge is 0.497 e. The molecule has 5 heteroatoms. The summed E-state index contributed by atoms with van der Waals surface area (Å²) in [6.07, 6.45) is 4.18. The van der Waals surface area contributed by atoms with Gasteiger partial charge in [-0.2, -0.15) is 0 Å². The van der Waals surface area contributed by atoms with Crippen LogP contribution in [-0.4, -0.2) is 30.7 Å². The van der Waals surface area contributed by atoms with Crippen molar-refractivity contribution >= 4 is 0 Å². The van der Waals surface area contributed by atoms with Crippen LogP contribution in [0.4, 0.5) is 0 Å². The van der Waals surface area contributed by atoms with Gasteiger partial charge in [0.2, 0.25) is 0 Å². The summed E-state index contributed by atoms with van der Waals surface area (Å²) in [4.78, 5) is 7.88. The Morgan fingerprint density at radius 1 is 1.25 bits per heavy atom. The van der Waals surface area contributed by atoms with Crippen LogP contribution in [0.1, 0.15) is 24.7 Å². The molecule has 1 aliphatic heterocycles. The molecule has 1 aliphatic rings. The zero-order valence-corrected chi connectivity index (χ0v) is 11.8. The van der Waals surface area contributed by atoms with Crippen molar-refractivity contribution in [3.05, 3.63) is 30.2 Å². The standard InChI is InChI=1S/C15H19N3O2/c1-19-10-5-6-14(20-2)11(8-10)13-9-17-15(18-13)12-4-3-7-16-12/h5-6,8-9,12,16H,3-4,7H2,1-2H3,(H,17,18). The third kappa shape index (κ3) is 2.36. The van der Waals surface area contributed by atoms with E-state index in [4.69, 9.17) is 9.47 Å². The van der Waals surface area contributed by atoms with Gasteiger partial charge in [0, 0.05) is 5.56 Å². The number of nitrogens with one attached hydrogen (secondary N) is 2. The summed E-state index contributed by atoms with van der Waals surface area (Å²) in [6, 6.07) is 6.08. The number of aromatic nitrogens is 2. The molecule has 1 aromatic heterocycles. The Morgan fingerprint density at radius 2 is 2.15 bits per heavy atom. The second-order valence-electron chi connectivity index (χ2n) is 4.90. The Labute approximate surface area is 118 Å². The highest BCUT2D eigenvalue weighted by Gasteiger charge is 2.20. The third-order valence-electron chi connectivity index (χ3n) is 3.68. The van der Waals surface area contributed by atoms with E-state index in [2.05, 4.69) is 15.3 Å². The number of benzene rings is 1. The van der Waals surface area contributed by atoms with Gasteiger partial charge in [-0.15, -0.1) is 0 Å². The van der Waals surface area contributed by atoms with E-state index in [1.54, 1.807) is 14.2 Å². The van der Waals surface area contributed by atoms with E-state index in [-0.39, 0.29) is 0 Å². The number of ether oxygens (including phenoxy) is 2. The smallest absolute Gasteiger partial charge is 0.128 e. The SMILES string of the molecule is COc1ccc(OC)c(-c2cnc(C3CCCN3)[nH]2)c1. The van der Waals surface area contributed by atoms with Gasteiger partial charge in [-0.25, -0.2) is 4.98 Å². The molecule has 0 aliphatic carbocycles. The van der Waals surface area contributed by atoms with E-state index >= 15 is 0 Å². The van der Waals surface area contributed by atoms with E-state index in [9.17, 15) is 0 Å². The number of rotatable bonds is 4. The Hall–Kier alpha value is -2.01. The molecule has 2 aromatic rings. The fraction of sp³-hybridized carbons (Fsp3) is 0.400. The minimum Gasteiger partial charge on any atom is -0.497 e. The predicted molar refractivity (Wildman–Crippen MR) is 77.1 cm³/mol. The molecule has 0 saturated carbocycles. The zero-order chi connectivity index (χ0) is 13.9. The fourth-order valence-electron chi connectivity index (χ4n) is 2.59. The van der Waals surface area contributed by atoms with Crippen molar-refractivity contribution in [2.45, 2.75) is 18.9 Å². The topological polar surface area (TPSA) is 59.2 Å². The number of methoxy groups -OCH3 is 2. The monoisotopic (exact) mass is 273 g/mol. The van der Waals surface area contributed by atoms with Crippen molar-refractivity contribution in [3.63, 3.8) is 0 Å². The van der Waals surface area contributed by atoms with Crippen molar-refractivity contribution in [1.29, 1.82) is 0 Å². The van der Waals surface area contributed by atoms with Gasteiger partial charge in [0.25, 0.3) is 0 Å². The molecule has 0 bridgehead atoms. The van der Waals surface area contributed by atoms with Crippen molar-refractivity contribution in [3.8, 4) is 22.8 Å². The summed E-state index contributed by atoms with van der Waals surface area (Å²) >= 11 is 0. The number of hydrogen-bond donors (Lipinski definition) is 2. The highest BCUT2D eigenvalue weighted by atomic mass is 16.5. The van der Waals surface area contributed by atoms with Crippen LogP contribution in [0, 0.1) is 0 Å². The fourth-order valence-corrected chi connectivity index (χ4v) is 2.59. The quantitative estimate of drug-likeness (QED) is 0.898. The Kier molecular flexibility index (Phi) is 3.60. The van der Waals surface area contributed by atoms with Crippen molar-refractivity contribution in [2.75, 3.05) is 20.8 Å². The molecule has 3 rings (SSSR count). The summed E-state index contributed by atoms with van der Waals surface area (Å²) < 4.78 is 10.7. The van der Waals surface area contributed by atoms with Crippen molar-refractivity contribution < 1.29 is 9.47 Å². The van der Waals surface area contributed by atoms with Gasteiger partial charge in [-0.05, 0) is 37.6 Å². The van der Waals surface area contributed by atoms with Crippen LogP contribution < -0.4 is 14.8 Å². The van der Waals surface area contributed by atoms with Crippen LogP contribution in [0.15, 0.2) is 24.4 Å². The van der Waals surface area contributed by atoms with Crippen LogP contribution in [0.2, 0.25) is 0 Å². The van der Waals surface area contributed by atoms with Gasteiger partial charge in [0.05, 0.1) is 32.2 Å². The molecule has 1 fully saturated rings. The summed E-state index contributed by atoms with van der Waals surface area (Å²) in [5.41, 5.74) is 1.91. The lowest BCUT2D eigenvalue weighted by Gasteiger charge is -2.09. The molecule has 2 N–H and O–H groups in total. The van der Waals surface area contributed by atoms with Crippen molar-refractivity contribution in [1.82, 2.24) is 15.3 Å². The first-order chi connectivity index (χ1) is 9.81. The summed E-state index contributed by atoms with van der Waals surface area (Å²) in [7, 11) is 3.33. The third-order valence-corrected chi connectivity index (χ3v) is 3.68. The molecule has 1 aromatic carbocycles. The average molecular weight is 273 g/mol. The molecule has 1 saturated heterocycles. The lowest BCUT2D eigenvalue weighted by atomic mass is 10.1. The van der Waals surface area contributed by atoms with E-state index in [1.807, 2.05) is 24.4 Å². The van der Waals surface area contributed by atoms with Crippen LogP contribution >= 0.6 is 0 Å². The lowest BCUT2D eigenvalue weighted by molar-refractivity contribution is 0.404. The van der Waals surface area contributed by atoms with Gasteiger partial charge < -0.3 is 19.8 Å². The minimum atomic E-state index is 0.334. The maximum atomic E-state index is 5.42. The molecule has 0 amide bonds. The second-order valence-corrected chi connectivity index (χ2v) is 4.90. The van der Waals surface area contributed by atoms with Crippen LogP contribution in [0.5, 0.6) is 11.5 Å². The minimum absolute atomic E-state index is 0.334. The lowest BCUT2D eigenvalue weighted by Crippen LogP contribution is -2.14. The van der Waals surface area contributed by atoms with Gasteiger partial charge in [0.15, 0.2) is 0 Å². The van der Waals surface area contributed by atoms with Gasteiger partial charge in [-0.1, -0.05) is 0 Å². The molecule has 106 valence electrons. The Balaban J connectivity index is 1.95. The van der Waals surface area contributed by atoms with Gasteiger partial charge in [0.1, 0.15) is 17.3 Å². The first kappa shape index (κ1) is 13.0. The zero-order valence-electron chi connectivity index (χ0n) is 11.8. The number of hydrogen-bond acceptors (Lipinski definition) is 4. The molecule has 2 heterocycles. The summed E-state index contributed by atoms with van der Waals surface area (Å²) in [6.45, 7) is 1.06. The molecule has 0 spiro atoms. The number of nitrogens with zero attached hydrogens (tertiary/aromatic N) is 1. The number of aromatic amines is 1. The van der Waals surface area contributed by atoms with Gasteiger partial charge in [-0.3, -0.25) is 0 Å². The highest BCUT2D eigenvalue weighted by Crippen LogP contribution is 2.33. The first-order valence-corrected chi connectivity index (χ1v) is 6.82. The van der Waals surface area contributed by atoms with Gasteiger partial charge >= 0.3 is 0 Å². The predicted octanol–water partition coefficient (Wildman–Crippen LogP) is 2.52. The maximum absolute atomic E-state index is 5.42. The molecule has 5 nitrogen and oxygen atoms in total. The maximum Gasteiger partial charge on any atom is 0.128 e. The molecular formula is C15H19N3O2. The summed E-state index contributed by atoms with van der Waals surface area (Å²) in [5.74, 6) is 2.60. The Bertz CT molecular complexity index is 589. The average Bonchev–Trinajstić information content (AvgIpc) is 3.17. The highest BCUT2D eigenvalue weighted by molar-refractivity contribution is 5.68. The molecule has 1 atom stereocenters. The van der Waals surface area contributed by atoms with E-state index < -0.39 is 0 Å². The van der Waals surface area contributed by atoms with Crippen LogP contribution in [0.25, 0.3) is 11.3 Å². The Morgan fingerprint density at radius 3 is 2.85 bits per heavy atom. The van der Waals surface area contributed by atoms with Crippen LogP contribution in [-0.2, 0) is 0 Å². The van der Waals surface area contributed by atoms with Crippen molar-refractivity contribution in [2.24, 2.45) is 0 Å². The normalized spacial score (nSPS) is 18.2. The number of H-pyrrole nitrogens is 1. The molecule has 20 heavy (non-hydrogen) atoms. The summed E-state index contributed by atoms with van der Waals surface area (Å²) in [5, 5.41) is 3.44.